The molecule has 2 aromatic carbocycles. The Morgan fingerprint density at radius 2 is 2.04 bits per heavy atom. The van der Waals surface area contributed by atoms with Crippen molar-refractivity contribution < 1.29 is 23.4 Å². The number of anilines is 1. The highest BCUT2D eigenvalue weighted by molar-refractivity contribution is 7.12. The lowest BCUT2D eigenvalue weighted by molar-refractivity contribution is 0.103. The van der Waals surface area contributed by atoms with E-state index in [0.717, 1.165) is 5.56 Å². The van der Waals surface area contributed by atoms with Crippen LogP contribution in [-0.4, -0.2) is 12.7 Å². The number of carbonyl (C=O) groups is 1. The van der Waals surface area contributed by atoms with E-state index in [9.17, 15) is 9.18 Å². The number of fused-ring (bicyclic) bond motifs is 1. The van der Waals surface area contributed by atoms with Crippen molar-refractivity contribution in [1.29, 1.82) is 0 Å². The average Bonchev–Trinajstić information content (AvgIpc) is 3.31. The van der Waals surface area contributed by atoms with E-state index >= 15 is 0 Å². The van der Waals surface area contributed by atoms with Crippen LogP contribution in [0.25, 0.3) is 0 Å². The molecule has 0 fully saturated rings. The fourth-order valence-corrected chi connectivity index (χ4v) is 3.36. The zero-order valence-corrected chi connectivity index (χ0v) is 15.3. The minimum atomic E-state index is -0.350. The molecule has 138 valence electrons. The molecular formula is C20H16FNO4S. The predicted molar refractivity (Wildman–Crippen MR) is 100 cm³/mol. The molecule has 0 unspecified atom stereocenters. The van der Waals surface area contributed by atoms with Gasteiger partial charge >= 0.3 is 0 Å². The summed E-state index contributed by atoms with van der Waals surface area (Å²) in [7, 11) is 0. The molecule has 1 aromatic heterocycles. The third-order valence-electron chi connectivity index (χ3n) is 4.06. The molecule has 3 aromatic rings. The van der Waals surface area contributed by atoms with Crippen molar-refractivity contribution >= 4 is 22.9 Å². The van der Waals surface area contributed by atoms with E-state index in [1.165, 1.54) is 17.4 Å². The van der Waals surface area contributed by atoms with Crippen molar-refractivity contribution in [2.24, 2.45) is 0 Å². The maximum Gasteiger partial charge on any atom is 0.265 e. The summed E-state index contributed by atoms with van der Waals surface area (Å²) in [5.41, 5.74) is 1.83. The topological polar surface area (TPSA) is 56.8 Å². The Morgan fingerprint density at radius 1 is 1.19 bits per heavy atom. The van der Waals surface area contributed by atoms with Gasteiger partial charge in [-0.3, -0.25) is 4.79 Å². The second-order valence-corrected chi connectivity index (χ2v) is 6.95. The van der Waals surface area contributed by atoms with E-state index in [1.807, 2.05) is 5.38 Å². The van der Waals surface area contributed by atoms with Crippen LogP contribution >= 0.6 is 11.3 Å². The number of amides is 1. The second kappa shape index (κ2) is 7.28. The van der Waals surface area contributed by atoms with Crippen LogP contribution in [0.1, 0.15) is 20.8 Å². The molecular weight excluding hydrogens is 369 g/mol. The fourth-order valence-electron chi connectivity index (χ4n) is 2.57. The van der Waals surface area contributed by atoms with E-state index in [0.29, 0.717) is 40.0 Å². The Kier molecular flexibility index (Phi) is 4.68. The van der Waals surface area contributed by atoms with Crippen LogP contribution in [0, 0.1) is 12.7 Å². The van der Waals surface area contributed by atoms with Gasteiger partial charge in [-0.15, -0.1) is 11.3 Å². The smallest absolute Gasteiger partial charge is 0.265 e. The van der Waals surface area contributed by atoms with Crippen LogP contribution in [0.3, 0.4) is 0 Å². The minimum Gasteiger partial charge on any atom is -0.489 e. The fraction of sp³-hybridized carbons (Fsp3) is 0.150. The van der Waals surface area contributed by atoms with Crippen molar-refractivity contribution in [3.05, 3.63) is 69.7 Å². The van der Waals surface area contributed by atoms with E-state index < -0.39 is 0 Å². The Morgan fingerprint density at radius 3 is 2.89 bits per heavy atom. The summed E-state index contributed by atoms with van der Waals surface area (Å²) < 4.78 is 29.9. The summed E-state index contributed by atoms with van der Waals surface area (Å²) in [5.74, 6) is 1.38. The monoisotopic (exact) mass is 385 g/mol. The van der Waals surface area contributed by atoms with Gasteiger partial charge in [0.15, 0.2) is 11.5 Å². The largest absolute Gasteiger partial charge is 0.489 e. The van der Waals surface area contributed by atoms with Gasteiger partial charge in [-0.1, -0.05) is 6.07 Å². The van der Waals surface area contributed by atoms with Crippen LogP contribution in [0.5, 0.6) is 17.2 Å². The van der Waals surface area contributed by atoms with Gasteiger partial charge in [0, 0.05) is 17.3 Å². The van der Waals surface area contributed by atoms with Crippen molar-refractivity contribution in [3.63, 3.8) is 0 Å². The standard InChI is InChI=1S/C20H16FNO4S/c1-12-2-3-14(7-16(12)21)22-20(23)19-6-13(10-27-19)9-24-15-4-5-17-18(8-15)26-11-25-17/h2-8,10H,9,11H2,1H3,(H,22,23). The first-order chi connectivity index (χ1) is 13.1. The maximum absolute atomic E-state index is 13.6. The molecule has 5 nitrogen and oxygen atoms in total. The molecule has 0 atom stereocenters. The van der Waals surface area contributed by atoms with Gasteiger partial charge in [0.25, 0.3) is 5.91 Å². The van der Waals surface area contributed by atoms with Crippen molar-refractivity contribution in [2.75, 3.05) is 12.1 Å². The third kappa shape index (κ3) is 3.88. The number of carbonyl (C=O) groups excluding carboxylic acids is 1. The molecule has 0 aliphatic carbocycles. The lowest BCUT2D eigenvalue weighted by Gasteiger charge is -2.06. The molecule has 0 radical (unpaired) electrons. The molecule has 2 heterocycles. The molecule has 0 saturated carbocycles. The molecule has 0 spiro atoms. The molecule has 0 bridgehead atoms. The second-order valence-electron chi connectivity index (χ2n) is 6.04. The van der Waals surface area contributed by atoms with Gasteiger partial charge in [-0.05, 0) is 48.2 Å². The quantitative estimate of drug-likeness (QED) is 0.688. The summed E-state index contributed by atoms with van der Waals surface area (Å²) in [5, 5.41) is 4.56. The van der Waals surface area contributed by atoms with Crippen molar-refractivity contribution in [2.45, 2.75) is 13.5 Å². The van der Waals surface area contributed by atoms with Gasteiger partial charge in [-0.2, -0.15) is 0 Å². The zero-order chi connectivity index (χ0) is 18.8. The first kappa shape index (κ1) is 17.4. The molecule has 4 rings (SSSR count). The number of halogens is 1. The SMILES string of the molecule is Cc1ccc(NC(=O)c2cc(COc3ccc4c(c3)OCO4)cs2)cc1F. The molecule has 7 heteroatoms. The number of hydrogen-bond acceptors (Lipinski definition) is 5. The first-order valence-corrected chi connectivity index (χ1v) is 9.14. The highest BCUT2D eigenvalue weighted by atomic mass is 32.1. The van der Waals surface area contributed by atoms with E-state index in [4.69, 9.17) is 14.2 Å². The molecule has 1 amide bonds. The summed E-state index contributed by atoms with van der Waals surface area (Å²) in [6, 6.07) is 11.7. The number of thiophene rings is 1. The Balaban J connectivity index is 1.37. The number of nitrogens with one attached hydrogen (secondary N) is 1. The van der Waals surface area contributed by atoms with Crippen LogP contribution < -0.4 is 19.5 Å². The van der Waals surface area contributed by atoms with E-state index in [2.05, 4.69) is 5.32 Å². The zero-order valence-electron chi connectivity index (χ0n) is 14.5. The van der Waals surface area contributed by atoms with E-state index in [-0.39, 0.29) is 18.5 Å². The molecule has 27 heavy (non-hydrogen) atoms. The number of hydrogen-bond donors (Lipinski definition) is 1. The summed E-state index contributed by atoms with van der Waals surface area (Å²) in [6.45, 7) is 2.21. The average molecular weight is 385 g/mol. The molecule has 1 N–H and O–H groups in total. The van der Waals surface area contributed by atoms with Gasteiger partial charge in [0.05, 0.1) is 4.88 Å². The number of benzene rings is 2. The lowest BCUT2D eigenvalue weighted by atomic mass is 10.2. The van der Waals surface area contributed by atoms with Crippen molar-refractivity contribution in [3.8, 4) is 17.2 Å². The first-order valence-electron chi connectivity index (χ1n) is 8.26. The normalized spacial score (nSPS) is 12.1. The highest BCUT2D eigenvalue weighted by Crippen LogP contribution is 2.35. The molecule has 1 aliphatic rings. The van der Waals surface area contributed by atoms with Crippen LogP contribution in [-0.2, 0) is 6.61 Å². The predicted octanol–water partition coefficient (Wildman–Crippen LogP) is 4.76. The molecule has 1 aliphatic heterocycles. The van der Waals surface area contributed by atoms with Gasteiger partial charge < -0.3 is 19.5 Å². The van der Waals surface area contributed by atoms with E-state index in [1.54, 1.807) is 43.3 Å². The van der Waals surface area contributed by atoms with Crippen LogP contribution in [0.2, 0.25) is 0 Å². The van der Waals surface area contributed by atoms with Gasteiger partial charge in [0.1, 0.15) is 18.2 Å². The lowest BCUT2D eigenvalue weighted by Crippen LogP contribution is -2.10. The van der Waals surface area contributed by atoms with Crippen molar-refractivity contribution in [1.82, 2.24) is 0 Å². The highest BCUT2D eigenvalue weighted by Gasteiger charge is 2.14. The molecule has 0 saturated heterocycles. The Hall–Kier alpha value is -3.06. The number of ether oxygens (including phenoxy) is 3. The summed E-state index contributed by atoms with van der Waals surface area (Å²) >= 11 is 1.31. The number of rotatable bonds is 5. The van der Waals surface area contributed by atoms with Gasteiger partial charge in [0.2, 0.25) is 6.79 Å². The van der Waals surface area contributed by atoms with Crippen LogP contribution in [0.15, 0.2) is 47.8 Å². The summed E-state index contributed by atoms with van der Waals surface area (Å²) in [6.07, 6.45) is 0. The number of aryl methyl sites for hydroxylation is 1. The Labute approximate surface area is 159 Å². The summed E-state index contributed by atoms with van der Waals surface area (Å²) in [4.78, 5) is 12.9. The Bertz CT molecular complexity index is 1000. The minimum absolute atomic E-state index is 0.215. The van der Waals surface area contributed by atoms with Crippen LogP contribution in [0.4, 0.5) is 10.1 Å². The third-order valence-corrected chi connectivity index (χ3v) is 5.03. The maximum atomic E-state index is 13.6. The van der Waals surface area contributed by atoms with Gasteiger partial charge in [-0.25, -0.2) is 4.39 Å².